The number of hydrogen-bond donors (Lipinski definition) is 0. The maximum atomic E-state index is 12.8. The quantitative estimate of drug-likeness (QED) is 0.855. The zero-order valence-electron chi connectivity index (χ0n) is 13.2. The van der Waals surface area contributed by atoms with Crippen molar-refractivity contribution in [2.75, 3.05) is 6.61 Å². The number of carbonyl (C=O) groups is 1. The maximum absolute atomic E-state index is 12.8. The van der Waals surface area contributed by atoms with Gasteiger partial charge in [-0.15, -0.1) is 0 Å². The summed E-state index contributed by atoms with van der Waals surface area (Å²) in [6, 6.07) is 5.75. The van der Waals surface area contributed by atoms with E-state index in [1.807, 2.05) is 36.2 Å². The Morgan fingerprint density at radius 3 is 3.09 bits per heavy atom. The second-order valence-corrected chi connectivity index (χ2v) is 6.05. The molecule has 3 heterocycles. The summed E-state index contributed by atoms with van der Waals surface area (Å²) in [7, 11) is 0. The molecule has 1 aromatic carbocycles. The van der Waals surface area contributed by atoms with Crippen LogP contribution in [0.4, 0.5) is 0 Å². The summed E-state index contributed by atoms with van der Waals surface area (Å²) >= 11 is 0. The van der Waals surface area contributed by atoms with E-state index in [1.165, 1.54) is 0 Å². The average molecular weight is 309 g/mol. The topological polar surface area (TPSA) is 55.3 Å². The van der Waals surface area contributed by atoms with Gasteiger partial charge >= 0.3 is 0 Å². The number of aromatic nitrogens is 2. The van der Waals surface area contributed by atoms with Gasteiger partial charge < -0.3 is 9.64 Å². The smallest absolute Gasteiger partial charge is 0.254 e. The van der Waals surface area contributed by atoms with Crippen LogP contribution in [0, 0.1) is 0 Å². The maximum Gasteiger partial charge on any atom is 0.254 e. The number of hydrogen-bond acceptors (Lipinski definition) is 4. The number of ether oxygens (including phenoxy) is 1. The zero-order chi connectivity index (χ0) is 15.8. The highest BCUT2D eigenvalue weighted by atomic mass is 16.5. The lowest BCUT2D eigenvalue weighted by Gasteiger charge is -2.20. The lowest BCUT2D eigenvalue weighted by atomic mass is 10.0. The molecule has 118 valence electrons. The lowest BCUT2D eigenvalue weighted by molar-refractivity contribution is 0.0750. The lowest BCUT2D eigenvalue weighted by Crippen LogP contribution is -2.25. The van der Waals surface area contributed by atoms with Crippen LogP contribution in [0.25, 0.3) is 0 Å². The van der Waals surface area contributed by atoms with Crippen LogP contribution in [0.5, 0.6) is 5.75 Å². The molecule has 1 aromatic heterocycles. The Bertz CT molecular complexity index is 773. The van der Waals surface area contributed by atoms with Gasteiger partial charge in [0, 0.05) is 30.3 Å². The molecule has 0 fully saturated rings. The van der Waals surface area contributed by atoms with Crippen molar-refractivity contribution in [1.29, 1.82) is 0 Å². The molecule has 0 aliphatic carbocycles. The monoisotopic (exact) mass is 309 g/mol. The molecule has 2 aromatic rings. The minimum absolute atomic E-state index is 0.0504. The molecule has 0 radical (unpaired) electrons. The van der Waals surface area contributed by atoms with Crippen LogP contribution < -0.4 is 4.74 Å². The summed E-state index contributed by atoms with van der Waals surface area (Å²) in [5.41, 5.74) is 3.89. The van der Waals surface area contributed by atoms with Crippen molar-refractivity contribution in [2.24, 2.45) is 0 Å². The fourth-order valence-electron chi connectivity index (χ4n) is 3.18. The molecule has 0 spiro atoms. The van der Waals surface area contributed by atoms with E-state index in [9.17, 15) is 4.79 Å². The van der Waals surface area contributed by atoms with Gasteiger partial charge in [0.25, 0.3) is 5.91 Å². The van der Waals surface area contributed by atoms with E-state index in [-0.39, 0.29) is 5.91 Å². The van der Waals surface area contributed by atoms with Gasteiger partial charge in [-0.2, -0.15) is 0 Å². The molecule has 0 atom stereocenters. The Hall–Kier alpha value is -2.43. The average Bonchev–Trinajstić information content (AvgIpc) is 3.03. The van der Waals surface area contributed by atoms with Crippen molar-refractivity contribution < 1.29 is 9.53 Å². The first-order valence-corrected chi connectivity index (χ1v) is 8.13. The second-order valence-electron chi connectivity index (χ2n) is 6.05. The number of amides is 1. The molecule has 0 bridgehead atoms. The highest BCUT2D eigenvalue weighted by Gasteiger charge is 2.26. The third kappa shape index (κ3) is 2.56. The van der Waals surface area contributed by atoms with E-state index in [1.54, 1.807) is 0 Å². The molecular weight excluding hydrogens is 290 g/mol. The van der Waals surface area contributed by atoms with E-state index < -0.39 is 0 Å². The predicted molar refractivity (Wildman–Crippen MR) is 85.2 cm³/mol. The van der Waals surface area contributed by atoms with Crippen LogP contribution in [0.15, 0.2) is 24.4 Å². The van der Waals surface area contributed by atoms with Crippen molar-refractivity contribution in [3.05, 3.63) is 52.6 Å². The molecule has 0 unspecified atom stereocenters. The first-order chi connectivity index (χ1) is 11.2. The summed E-state index contributed by atoms with van der Waals surface area (Å²) < 4.78 is 5.62. The third-order valence-electron chi connectivity index (χ3n) is 4.46. The SMILES string of the molecule is CCc1ncc2c(n1)CN(C(=O)c1ccc3c(c1)CCCO3)C2. The normalized spacial score (nSPS) is 15.8. The molecule has 2 aliphatic rings. The predicted octanol–water partition coefficient (Wildman–Crippen LogP) is 2.52. The number of nitrogens with zero attached hydrogens (tertiary/aromatic N) is 3. The Balaban J connectivity index is 1.56. The Morgan fingerprint density at radius 2 is 2.22 bits per heavy atom. The van der Waals surface area contributed by atoms with Crippen molar-refractivity contribution in [1.82, 2.24) is 14.9 Å². The number of aryl methyl sites for hydroxylation is 2. The second kappa shape index (κ2) is 5.65. The summed E-state index contributed by atoms with van der Waals surface area (Å²) in [6.45, 7) is 3.96. The van der Waals surface area contributed by atoms with Crippen molar-refractivity contribution >= 4 is 5.91 Å². The minimum atomic E-state index is 0.0504. The Labute approximate surface area is 135 Å². The summed E-state index contributed by atoms with van der Waals surface area (Å²) in [4.78, 5) is 23.5. The molecule has 5 nitrogen and oxygen atoms in total. The van der Waals surface area contributed by atoms with Gasteiger partial charge in [-0.1, -0.05) is 6.92 Å². The fraction of sp³-hybridized carbons (Fsp3) is 0.389. The number of rotatable bonds is 2. The third-order valence-corrected chi connectivity index (χ3v) is 4.46. The minimum Gasteiger partial charge on any atom is -0.493 e. The standard InChI is InChI=1S/C18H19N3O2/c1-2-17-19-9-14-10-21(11-15(14)20-17)18(22)13-5-6-16-12(8-13)4-3-7-23-16/h5-6,8-9H,2-4,7,10-11H2,1H3. The number of fused-ring (bicyclic) bond motifs is 2. The van der Waals surface area contributed by atoms with E-state index >= 15 is 0 Å². The summed E-state index contributed by atoms with van der Waals surface area (Å²) in [5, 5.41) is 0. The van der Waals surface area contributed by atoms with E-state index in [4.69, 9.17) is 4.74 Å². The highest BCUT2D eigenvalue weighted by molar-refractivity contribution is 5.95. The largest absolute Gasteiger partial charge is 0.493 e. The van der Waals surface area contributed by atoms with Crippen LogP contribution in [0.3, 0.4) is 0 Å². The van der Waals surface area contributed by atoms with Crippen LogP contribution in [0.1, 0.15) is 46.3 Å². The fourth-order valence-corrected chi connectivity index (χ4v) is 3.18. The van der Waals surface area contributed by atoms with Gasteiger partial charge in [0.05, 0.1) is 18.8 Å². The van der Waals surface area contributed by atoms with Gasteiger partial charge in [0.1, 0.15) is 11.6 Å². The number of carbonyl (C=O) groups excluding carboxylic acids is 1. The molecule has 23 heavy (non-hydrogen) atoms. The molecular formula is C18H19N3O2. The molecule has 2 aliphatic heterocycles. The molecule has 0 saturated carbocycles. The molecule has 4 rings (SSSR count). The van der Waals surface area contributed by atoms with Gasteiger partial charge in [-0.3, -0.25) is 4.79 Å². The Morgan fingerprint density at radius 1 is 1.30 bits per heavy atom. The molecule has 0 N–H and O–H groups in total. The van der Waals surface area contributed by atoms with Gasteiger partial charge in [-0.25, -0.2) is 9.97 Å². The van der Waals surface area contributed by atoms with Gasteiger partial charge in [0.2, 0.25) is 0 Å². The molecule has 1 amide bonds. The highest BCUT2D eigenvalue weighted by Crippen LogP contribution is 2.28. The summed E-state index contributed by atoms with van der Waals surface area (Å²) in [5.74, 6) is 1.80. The van der Waals surface area contributed by atoms with Crippen molar-refractivity contribution in [3.8, 4) is 5.75 Å². The zero-order valence-corrected chi connectivity index (χ0v) is 13.2. The van der Waals surface area contributed by atoms with Gasteiger partial charge in [0.15, 0.2) is 0 Å². The molecule has 0 saturated heterocycles. The summed E-state index contributed by atoms with van der Waals surface area (Å²) in [6.07, 6.45) is 4.65. The Kier molecular flexibility index (Phi) is 3.48. The van der Waals surface area contributed by atoms with Crippen molar-refractivity contribution in [2.45, 2.75) is 39.3 Å². The van der Waals surface area contributed by atoms with Gasteiger partial charge in [-0.05, 0) is 36.6 Å². The van der Waals surface area contributed by atoms with E-state index in [2.05, 4.69) is 9.97 Å². The first-order valence-electron chi connectivity index (χ1n) is 8.13. The first kappa shape index (κ1) is 14.2. The molecule has 5 heteroatoms. The van der Waals surface area contributed by atoms with Crippen LogP contribution in [0.2, 0.25) is 0 Å². The number of benzene rings is 1. The van der Waals surface area contributed by atoms with Crippen LogP contribution in [-0.2, 0) is 25.9 Å². The van der Waals surface area contributed by atoms with Crippen LogP contribution >= 0.6 is 0 Å². The van der Waals surface area contributed by atoms with Crippen molar-refractivity contribution in [3.63, 3.8) is 0 Å². The van der Waals surface area contributed by atoms with E-state index in [0.29, 0.717) is 13.1 Å². The van der Waals surface area contributed by atoms with E-state index in [0.717, 1.165) is 59.8 Å². The van der Waals surface area contributed by atoms with Crippen LogP contribution in [-0.4, -0.2) is 27.4 Å².